The van der Waals surface area contributed by atoms with Crippen LogP contribution >= 0.6 is 0 Å². The van der Waals surface area contributed by atoms with Crippen molar-refractivity contribution in [3.8, 4) is 0 Å². The van der Waals surface area contributed by atoms with Crippen LogP contribution in [-0.4, -0.2) is 71.2 Å². The van der Waals surface area contributed by atoms with Gasteiger partial charge in [0.1, 0.15) is 18.1 Å². The van der Waals surface area contributed by atoms with E-state index in [9.17, 15) is 29.4 Å². The van der Waals surface area contributed by atoms with Gasteiger partial charge in [-0.3, -0.25) is 14.4 Å². The van der Waals surface area contributed by atoms with Crippen molar-refractivity contribution in [2.24, 2.45) is 23.3 Å². The third-order valence-electron chi connectivity index (χ3n) is 4.64. The zero-order valence-corrected chi connectivity index (χ0v) is 18.2. The van der Waals surface area contributed by atoms with E-state index in [1.165, 1.54) is 0 Å². The van der Waals surface area contributed by atoms with Crippen molar-refractivity contribution in [1.82, 2.24) is 16.0 Å². The monoisotopic (exact) mass is 431 g/mol. The Kier molecular flexibility index (Phi) is 12.8. The molecule has 9 N–H and O–H groups in total. The van der Waals surface area contributed by atoms with Crippen LogP contribution in [0.4, 0.5) is 0 Å². The number of carboxylic acids is 1. The van der Waals surface area contributed by atoms with Crippen LogP contribution in [0, 0.1) is 11.8 Å². The number of hydrogen-bond donors (Lipinski definition) is 7. The Labute approximate surface area is 177 Å². The summed E-state index contributed by atoms with van der Waals surface area (Å²) in [5.41, 5.74) is 11.1. The van der Waals surface area contributed by atoms with Crippen molar-refractivity contribution in [1.29, 1.82) is 0 Å². The summed E-state index contributed by atoms with van der Waals surface area (Å²) in [6.07, 6.45) is 1.36. The summed E-state index contributed by atoms with van der Waals surface area (Å²) in [5, 5.41) is 26.1. The van der Waals surface area contributed by atoms with Crippen molar-refractivity contribution in [3.63, 3.8) is 0 Å². The number of carboxylic acid groups (broad SMARTS) is 1. The lowest BCUT2D eigenvalue weighted by molar-refractivity contribution is -0.143. The number of aliphatic hydroxyl groups is 1. The number of nitrogens with two attached hydrogens (primary N) is 2. The van der Waals surface area contributed by atoms with Crippen LogP contribution < -0.4 is 27.4 Å². The van der Waals surface area contributed by atoms with Crippen molar-refractivity contribution in [3.05, 3.63) is 0 Å². The number of carbonyl (C=O) groups is 4. The minimum absolute atomic E-state index is 0.172. The van der Waals surface area contributed by atoms with Crippen molar-refractivity contribution in [2.75, 3.05) is 13.2 Å². The maximum Gasteiger partial charge on any atom is 0.326 e. The summed E-state index contributed by atoms with van der Waals surface area (Å²) in [7, 11) is 0. The number of nitrogens with one attached hydrogen (secondary N) is 3. The molecule has 4 atom stereocenters. The SMILES string of the molecule is CC(C)C(N)C(=O)NC(CO)C(=O)NC(C(=O)NC(CCCCN)C(=O)O)C(C)C. The molecule has 0 aliphatic rings. The number of rotatable bonds is 14. The average Bonchev–Trinajstić information content (AvgIpc) is 2.67. The molecular weight excluding hydrogens is 394 g/mol. The number of aliphatic carboxylic acids is 1. The van der Waals surface area contributed by atoms with Gasteiger partial charge in [0, 0.05) is 0 Å². The molecule has 0 saturated carbocycles. The first-order chi connectivity index (χ1) is 14.0. The van der Waals surface area contributed by atoms with Gasteiger partial charge in [0.15, 0.2) is 0 Å². The smallest absolute Gasteiger partial charge is 0.326 e. The van der Waals surface area contributed by atoms with Crippen LogP contribution in [0.25, 0.3) is 0 Å². The Morgan fingerprint density at radius 2 is 1.40 bits per heavy atom. The number of aliphatic hydroxyl groups excluding tert-OH is 1. The summed E-state index contributed by atoms with van der Waals surface area (Å²) in [6.45, 7) is 6.56. The number of unbranched alkanes of at least 4 members (excludes halogenated alkanes) is 1. The highest BCUT2D eigenvalue weighted by Gasteiger charge is 2.31. The number of carbonyl (C=O) groups excluding carboxylic acids is 3. The van der Waals surface area contributed by atoms with Gasteiger partial charge in [0.25, 0.3) is 0 Å². The number of amides is 3. The second-order valence-electron chi connectivity index (χ2n) is 7.93. The molecule has 174 valence electrons. The van der Waals surface area contributed by atoms with Gasteiger partial charge in [-0.15, -0.1) is 0 Å². The van der Waals surface area contributed by atoms with Gasteiger partial charge in [0.2, 0.25) is 17.7 Å². The molecule has 30 heavy (non-hydrogen) atoms. The highest BCUT2D eigenvalue weighted by Crippen LogP contribution is 2.07. The Bertz CT molecular complexity index is 584. The Balaban J connectivity index is 5.13. The van der Waals surface area contributed by atoms with E-state index < -0.39 is 54.5 Å². The second kappa shape index (κ2) is 13.9. The van der Waals surface area contributed by atoms with E-state index in [1.807, 2.05) is 0 Å². The summed E-state index contributed by atoms with van der Waals surface area (Å²) >= 11 is 0. The van der Waals surface area contributed by atoms with E-state index in [1.54, 1.807) is 27.7 Å². The fraction of sp³-hybridized carbons (Fsp3) is 0.789. The predicted molar refractivity (Wildman–Crippen MR) is 111 cm³/mol. The van der Waals surface area contributed by atoms with E-state index in [0.717, 1.165) is 0 Å². The van der Waals surface area contributed by atoms with Gasteiger partial charge in [0.05, 0.1) is 12.6 Å². The van der Waals surface area contributed by atoms with E-state index >= 15 is 0 Å². The Morgan fingerprint density at radius 3 is 1.83 bits per heavy atom. The van der Waals surface area contributed by atoms with Gasteiger partial charge in [-0.05, 0) is 37.6 Å². The van der Waals surface area contributed by atoms with E-state index in [2.05, 4.69) is 16.0 Å². The first kappa shape index (κ1) is 27.8. The molecule has 0 rings (SSSR count). The standard InChI is InChI=1S/C19H37N5O6/c1-10(2)14(21)17(27)23-13(9-25)16(26)24-15(11(3)4)18(28)22-12(19(29)30)7-5-6-8-20/h10-15,25H,5-9,20-21H2,1-4H3,(H,22,28)(H,23,27)(H,24,26)(H,29,30). The quantitative estimate of drug-likeness (QED) is 0.158. The lowest BCUT2D eigenvalue weighted by atomic mass is 10.0. The maximum absolute atomic E-state index is 12.6. The third kappa shape index (κ3) is 9.51. The largest absolute Gasteiger partial charge is 0.480 e. The van der Waals surface area contributed by atoms with E-state index in [4.69, 9.17) is 11.5 Å². The molecule has 0 radical (unpaired) electrons. The lowest BCUT2D eigenvalue weighted by Crippen LogP contribution is -2.59. The fourth-order valence-corrected chi connectivity index (χ4v) is 2.57. The van der Waals surface area contributed by atoms with Crippen LogP contribution in [0.5, 0.6) is 0 Å². The summed E-state index contributed by atoms with van der Waals surface area (Å²) in [4.78, 5) is 48.6. The molecule has 0 aliphatic carbocycles. The van der Waals surface area contributed by atoms with E-state index in [0.29, 0.717) is 19.4 Å². The molecule has 11 heteroatoms. The molecule has 0 saturated heterocycles. The zero-order valence-electron chi connectivity index (χ0n) is 18.2. The Hall–Kier alpha value is -2.24. The summed E-state index contributed by atoms with van der Waals surface area (Å²) < 4.78 is 0. The maximum atomic E-state index is 12.6. The molecule has 11 nitrogen and oxygen atoms in total. The van der Waals surface area contributed by atoms with Crippen LogP contribution in [0.2, 0.25) is 0 Å². The van der Waals surface area contributed by atoms with Gasteiger partial charge < -0.3 is 37.6 Å². The minimum Gasteiger partial charge on any atom is -0.480 e. The molecule has 0 spiro atoms. The topological polar surface area (TPSA) is 197 Å². The first-order valence-electron chi connectivity index (χ1n) is 10.2. The van der Waals surface area contributed by atoms with E-state index in [-0.39, 0.29) is 18.3 Å². The normalized spacial score (nSPS) is 15.2. The number of hydrogen-bond acceptors (Lipinski definition) is 7. The summed E-state index contributed by atoms with van der Waals surface area (Å²) in [5.74, 6) is -3.77. The van der Waals surface area contributed by atoms with Crippen LogP contribution in [0.3, 0.4) is 0 Å². The second-order valence-corrected chi connectivity index (χ2v) is 7.93. The molecule has 3 amide bonds. The molecule has 0 aromatic heterocycles. The van der Waals surface area contributed by atoms with Crippen molar-refractivity contribution < 1.29 is 29.4 Å². The molecule has 0 bridgehead atoms. The molecular formula is C19H37N5O6. The molecule has 0 heterocycles. The fourth-order valence-electron chi connectivity index (χ4n) is 2.57. The molecule has 4 unspecified atom stereocenters. The molecule has 0 aromatic carbocycles. The van der Waals surface area contributed by atoms with Crippen LogP contribution in [0.1, 0.15) is 47.0 Å². The van der Waals surface area contributed by atoms with Gasteiger partial charge in [-0.1, -0.05) is 27.7 Å². The highest BCUT2D eigenvalue weighted by atomic mass is 16.4. The minimum atomic E-state index is -1.30. The van der Waals surface area contributed by atoms with Crippen LogP contribution in [-0.2, 0) is 19.2 Å². The third-order valence-corrected chi connectivity index (χ3v) is 4.64. The lowest BCUT2D eigenvalue weighted by Gasteiger charge is -2.26. The first-order valence-corrected chi connectivity index (χ1v) is 10.2. The molecule has 0 aromatic rings. The summed E-state index contributed by atoms with van der Waals surface area (Å²) in [6, 6.07) is -4.32. The van der Waals surface area contributed by atoms with Crippen molar-refractivity contribution in [2.45, 2.75) is 71.1 Å². The van der Waals surface area contributed by atoms with Crippen LogP contribution in [0.15, 0.2) is 0 Å². The highest BCUT2D eigenvalue weighted by molar-refractivity contribution is 5.94. The Morgan fingerprint density at radius 1 is 0.833 bits per heavy atom. The van der Waals surface area contributed by atoms with Gasteiger partial charge in [-0.2, -0.15) is 0 Å². The average molecular weight is 432 g/mol. The van der Waals surface area contributed by atoms with Crippen molar-refractivity contribution >= 4 is 23.7 Å². The molecule has 0 aliphatic heterocycles. The predicted octanol–water partition coefficient (Wildman–Crippen LogP) is -1.71. The zero-order chi connectivity index (χ0) is 23.4. The molecule has 0 fully saturated rings. The van der Waals surface area contributed by atoms with Gasteiger partial charge >= 0.3 is 5.97 Å². The van der Waals surface area contributed by atoms with Gasteiger partial charge in [-0.25, -0.2) is 4.79 Å².